The lowest BCUT2D eigenvalue weighted by Crippen LogP contribution is -2.24. The van der Waals surface area contributed by atoms with Crippen molar-refractivity contribution in [2.24, 2.45) is 5.41 Å². The third kappa shape index (κ3) is 5.06. The highest BCUT2D eigenvalue weighted by Gasteiger charge is 2.26. The predicted molar refractivity (Wildman–Crippen MR) is 98.2 cm³/mol. The van der Waals surface area contributed by atoms with Crippen molar-refractivity contribution in [3.63, 3.8) is 0 Å². The molecule has 0 aliphatic heterocycles. The summed E-state index contributed by atoms with van der Waals surface area (Å²) in [6.45, 7) is 5.28. The van der Waals surface area contributed by atoms with Crippen molar-refractivity contribution < 1.29 is 18.3 Å². The highest BCUT2D eigenvalue weighted by molar-refractivity contribution is 7.92. The number of anilines is 1. The zero-order valence-electron chi connectivity index (χ0n) is 14.6. The summed E-state index contributed by atoms with van der Waals surface area (Å²) in [5.74, 6) is -0.824. The Labute approximate surface area is 148 Å². The van der Waals surface area contributed by atoms with Gasteiger partial charge < -0.3 is 5.11 Å². The van der Waals surface area contributed by atoms with Gasteiger partial charge in [0, 0.05) is 5.69 Å². The van der Waals surface area contributed by atoms with Gasteiger partial charge in [-0.2, -0.15) is 0 Å². The number of rotatable bonds is 7. The van der Waals surface area contributed by atoms with Crippen LogP contribution in [0.1, 0.15) is 31.4 Å². The fraction of sp³-hybridized carbons (Fsp3) is 0.316. The van der Waals surface area contributed by atoms with Crippen LogP contribution in [-0.2, 0) is 21.2 Å². The Hall–Kier alpha value is -2.34. The molecule has 2 N–H and O–H groups in total. The molecular weight excluding hydrogens is 338 g/mol. The number of carbonyl (C=O) groups is 1. The molecule has 2 aromatic carbocycles. The van der Waals surface area contributed by atoms with Crippen LogP contribution < -0.4 is 4.72 Å². The molecule has 2 aromatic rings. The molecule has 0 aliphatic carbocycles. The first-order valence-corrected chi connectivity index (χ1v) is 9.50. The van der Waals surface area contributed by atoms with Gasteiger partial charge in [-0.15, -0.1) is 0 Å². The van der Waals surface area contributed by atoms with Crippen LogP contribution in [0.3, 0.4) is 0 Å². The molecule has 2 rings (SSSR count). The largest absolute Gasteiger partial charge is 0.481 e. The minimum Gasteiger partial charge on any atom is -0.481 e. The van der Waals surface area contributed by atoms with E-state index in [1.54, 1.807) is 50.2 Å². The first-order chi connectivity index (χ1) is 11.6. The van der Waals surface area contributed by atoms with E-state index in [1.807, 2.05) is 19.1 Å². The third-order valence-corrected chi connectivity index (χ3v) is 5.55. The molecule has 25 heavy (non-hydrogen) atoms. The lowest BCUT2D eigenvalue weighted by molar-refractivity contribution is -0.147. The van der Waals surface area contributed by atoms with Gasteiger partial charge >= 0.3 is 5.97 Å². The second-order valence-electron chi connectivity index (χ2n) is 6.80. The molecule has 0 aliphatic rings. The van der Waals surface area contributed by atoms with Gasteiger partial charge in [0.1, 0.15) is 0 Å². The van der Waals surface area contributed by atoms with Gasteiger partial charge in [-0.25, -0.2) is 8.42 Å². The number of aryl methyl sites for hydroxylation is 2. The second-order valence-corrected chi connectivity index (χ2v) is 8.49. The number of carboxylic acid groups (broad SMARTS) is 1. The van der Waals surface area contributed by atoms with Gasteiger partial charge in [-0.05, 0) is 63.4 Å². The molecule has 0 saturated heterocycles. The number of nitrogens with one attached hydrogen (secondary N) is 1. The van der Waals surface area contributed by atoms with Crippen LogP contribution in [0.25, 0.3) is 0 Å². The molecule has 6 heteroatoms. The van der Waals surface area contributed by atoms with E-state index < -0.39 is 21.4 Å². The van der Waals surface area contributed by atoms with E-state index in [9.17, 15) is 13.2 Å². The van der Waals surface area contributed by atoms with Crippen molar-refractivity contribution in [1.29, 1.82) is 0 Å². The quantitative estimate of drug-likeness (QED) is 0.785. The summed E-state index contributed by atoms with van der Waals surface area (Å²) >= 11 is 0. The standard InChI is InChI=1S/C19H23NO4S/c1-14-4-10-17(11-5-14)25(23,24)20-16-8-6-15(7-9-16)12-13-19(2,3)18(21)22/h4-11,20H,12-13H2,1-3H3,(H,21,22). The van der Waals surface area contributed by atoms with Crippen molar-refractivity contribution in [3.05, 3.63) is 59.7 Å². The summed E-state index contributed by atoms with van der Waals surface area (Å²) in [6.07, 6.45) is 1.13. The molecule has 0 atom stereocenters. The first kappa shape index (κ1) is 19.0. The average Bonchev–Trinajstić information content (AvgIpc) is 2.54. The van der Waals surface area contributed by atoms with E-state index in [-0.39, 0.29) is 4.90 Å². The van der Waals surface area contributed by atoms with Crippen molar-refractivity contribution in [2.75, 3.05) is 4.72 Å². The van der Waals surface area contributed by atoms with Gasteiger partial charge in [0.2, 0.25) is 0 Å². The number of sulfonamides is 1. The summed E-state index contributed by atoms with van der Waals surface area (Å²) in [7, 11) is -3.62. The minimum atomic E-state index is -3.62. The van der Waals surface area contributed by atoms with Crippen LogP contribution in [0.15, 0.2) is 53.4 Å². The summed E-state index contributed by atoms with van der Waals surface area (Å²) in [5.41, 5.74) is 1.65. The zero-order chi connectivity index (χ0) is 18.7. The summed E-state index contributed by atoms with van der Waals surface area (Å²) in [4.78, 5) is 11.3. The van der Waals surface area contributed by atoms with Crippen molar-refractivity contribution in [2.45, 2.75) is 38.5 Å². The highest BCUT2D eigenvalue weighted by atomic mass is 32.2. The molecular formula is C19H23NO4S. The van der Waals surface area contributed by atoms with E-state index in [4.69, 9.17) is 5.11 Å². The third-order valence-electron chi connectivity index (χ3n) is 4.16. The number of aliphatic carboxylic acids is 1. The van der Waals surface area contributed by atoms with Crippen LogP contribution in [0, 0.1) is 12.3 Å². The number of carboxylic acids is 1. The Morgan fingerprint density at radius 3 is 2.12 bits per heavy atom. The lowest BCUT2D eigenvalue weighted by atomic mass is 9.86. The summed E-state index contributed by atoms with van der Waals surface area (Å²) in [6, 6.07) is 13.6. The van der Waals surface area contributed by atoms with Crippen molar-refractivity contribution >= 4 is 21.7 Å². The molecule has 0 fully saturated rings. The van der Waals surface area contributed by atoms with Gasteiger partial charge in [-0.1, -0.05) is 29.8 Å². The number of hydrogen-bond donors (Lipinski definition) is 2. The van der Waals surface area contributed by atoms with Crippen molar-refractivity contribution in [3.8, 4) is 0 Å². The van der Waals surface area contributed by atoms with Crippen LogP contribution in [0.2, 0.25) is 0 Å². The summed E-state index contributed by atoms with van der Waals surface area (Å²) < 4.78 is 27.3. The van der Waals surface area contributed by atoms with Gasteiger partial charge in [-0.3, -0.25) is 9.52 Å². The average molecular weight is 361 g/mol. The molecule has 134 valence electrons. The van der Waals surface area contributed by atoms with Crippen molar-refractivity contribution in [1.82, 2.24) is 0 Å². The topological polar surface area (TPSA) is 83.5 Å². The minimum absolute atomic E-state index is 0.213. The Morgan fingerprint density at radius 2 is 1.60 bits per heavy atom. The smallest absolute Gasteiger partial charge is 0.309 e. The van der Waals surface area contributed by atoms with Gasteiger partial charge in [0.05, 0.1) is 10.3 Å². The summed E-state index contributed by atoms with van der Waals surface area (Å²) in [5, 5.41) is 9.14. The molecule has 0 heterocycles. The first-order valence-electron chi connectivity index (χ1n) is 8.02. The molecule has 0 aromatic heterocycles. The van der Waals surface area contributed by atoms with E-state index >= 15 is 0 Å². The van der Waals surface area contributed by atoms with E-state index in [0.717, 1.165) is 11.1 Å². The lowest BCUT2D eigenvalue weighted by Gasteiger charge is -2.18. The number of benzene rings is 2. The fourth-order valence-corrected chi connectivity index (χ4v) is 3.29. The van der Waals surface area contributed by atoms with Crippen LogP contribution >= 0.6 is 0 Å². The maximum atomic E-state index is 12.4. The zero-order valence-corrected chi connectivity index (χ0v) is 15.4. The maximum Gasteiger partial charge on any atom is 0.309 e. The Kier molecular flexibility index (Phi) is 5.52. The molecule has 0 unspecified atom stereocenters. The monoisotopic (exact) mass is 361 g/mol. The number of hydrogen-bond acceptors (Lipinski definition) is 3. The second kappa shape index (κ2) is 7.27. The Balaban J connectivity index is 2.05. The van der Waals surface area contributed by atoms with E-state index in [2.05, 4.69) is 4.72 Å². The van der Waals surface area contributed by atoms with Crippen LogP contribution in [-0.4, -0.2) is 19.5 Å². The SMILES string of the molecule is Cc1ccc(S(=O)(=O)Nc2ccc(CCC(C)(C)C(=O)O)cc2)cc1. The van der Waals surface area contributed by atoms with Crippen LogP contribution in [0.5, 0.6) is 0 Å². The molecule has 5 nitrogen and oxygen atoms in total. The Morgan fingerprint density at radius 1 is 1.04 bits per heavy atom. The van der Waals surface area contributed by atoms with E-state index in [1.165, 1.54) is 0 Å². The molecule has 0 saturated carbocycles. The van der Waals surface area contributed by atoms with Crippen LogP contribution in [0.4, 0.5) is 5.69 Å². The van der Waals surface area contributed by atoms with Gasteiger partial charge in [0.25, 0.3) is 10.0 Å². The van der Waals surface area contributed by atoms with E-state index in [0.29, 0.717) is 18.5 Å². The molecule has 0 amide bonds. The van der Waals surface area contributed by atoms with Gasteiger partial charge in [0.15, 0.2) is 0 Å². The highest BCUT2D eigenvalue weighted by Crippen LogP contribution is 2.24. The molecule has 0 spiro atoms. The molecule has 0 radical (unpaired) electrons. The molecule has 0 bridgehead atoms. The normalized spacial score (nSPS) is 12.0. The maximum absolute atomic E-state index is 12.4. The fourth-order valence-electron chi connectivity index (χ4n) is 2.23. The Bertz CT molecular complexity index is 838. The predicted octanol–water partition coefficient (Wildman–Crippen LogP) is 3.84.